The standard InChI is InChI=1S/C12H26N4O2S/c1-15-6-2-12(3-7-15)14-19(17,18)11-10-16-8-4-13-5-9-16/h12-14H,2-11H2,1H3. The smallest absolute Gasteiger partial charge is 0.213 e. The van der Waals surface area contributed by atoms with E-state index in [0.29, 0.717) is 6.54 Å². The Hall–Kier alpha value is -0.210. The molecule has 2 rings (SSSR count). The highest BCUT2D eigenvalue weighted by Gasteiger charge is 2.22. The van der Waals surface area contributed by atoms with E-state index in [1.165, 1.54) is 0 Å². The zero-order chi connectivity index (χ0) is 13.7. The number of nitrogens with zero attached hydrogens (tertiary/aromatic N) is 2. The quantitative estimate of drug-likeness (QED) is 0.673. The van der Waals surface area contributed by atoms with Crippen LogP contribution in [0.4, 0.5) is 0 Å². The summed E-state index contributed by atoms with van der Waals surface area (Å²) in [5.74, 6) is 0.222. The fraction of sp³-hybridized carbons (Fsp3) is 1.00. The predicted octanol–water partition coefficient (Wildman–Crippen LogP) is -1.09. The van der Waals surface area contributed by atoms with Gasteiger partial charge < -0.3 is 10.2 Å². The first-order valence-electron chi connectivity index (χ1n) is 7.17. The number of hydrogen-bond donors (Lipinski definition) is 2. The van der Waals surface area contributed by atoms with Gasteiger partial charge >= 0.3 is 0 Å². The molecule has 0 radical (unpaired) electrons. The van der Waals surface area contributed by atoms with Crippen molar-refractivity contribution in [3.05, 3.63) is 0 Å². The minimum absolute atomic E-state index is 0.129. The Morgan fingerprint density at radius 2 is 1.79 bits per heavy atom. The van der Waals surface area contributed by atoms with Crippen LogP contribution in [0.1, 0.15) is 12.8 Å². The molecule has 2 N–H and O–H groups in total. The summed E-state index contributed by atoms with van der Waals surface area (Å²) in [6.45, 7) is 6.41. The van der Waals surface area contributed by atoms with E-state index in [4.69, 9.17) is 0 Å². The van der Waals surface area contributed by atoms with Crippen LogP contribution in [0.3, 0.4) is 0 Å². The maximum absolute atomic E-state index is 12.1. The van der Waals surface area contributed by atoms with Gasteiger partial charge in [0, 0.05) is 38.8 Å². The number of hydrogen-bond acceptors (Lipinski definition) is 5. The van der Waals surface area contributed by atoms with Gasteiger partial charge in [-0.25, -0.2) is 13.1 Å². The van der Waals surface area contributed by atoms with Gasteiger partial charge in [-0.05, 0) is 33.0 Å². The molecule has 2 aliphatic rings. The molecule has 0 aromatic rings. The minimum atomic E-state index is -3.13. The molecule has 2 fully saturated rings. The number of nitrogens with one attached hydrogen (secondary N) is 2. The number of likely N-dealkylation sites (tertiary alicyclic amines) is 1. The molecule has 2 aliphatic heterocycles. The Bertz CT molecular complexity index is 360. The van der Waals surface area contributed by atoms with Crippen molar-refractivity contribution in [3.63, 3.8) is 0 Å². The van der Waals surface area contributed by atoms with Crippen LogP contribution in [0.2, 0.25) is 0 Å². The Labute approximate surface area is 116 Å². The maximum atomic E-state index is 12.1. The zero-order valence-corrected chi connectivity index (χ0v) is 12.6. The number of sulfonamides is 1. The molecule has 7 heteroatoms. The summed E-state index contributed by atoms with van der Waals surface area (Å²) < 4.78 is 27.0. The highest BCUT2D eigenvalue weighted by molar-refractivity contribution is 7.89. The van der Waals surface area contributed by atoms with Crippen LogP contribution in [0.15, 0.2) is 0 Å². The molecule has 0 saturated carbocycles. The molecule has 0 unspecified atom stereocenters. The molecule has 0 aliphatic carbocycles. The molecule has 0 aromatic heterocycles. The molecule has 2 saturated heterocycles. The summed E-state index contributed by atoms with van der Waals surface area (Å²) in [7, 11) is -1.05. The Morgan fingerprint density at radius 1 is 1.16 bits per heavy atom. The molecular weight excluding hydrogens is 264 g/mol. The summed E-state index contributed by atoms with van der Waals surface area (Å²) in [6.07, 6.45) is 1.84. The highest BCUT2D eigenvalue weighted by atomic mass is 32.2. The van der Waals surface area contributed by atoms with E-state index in [9.17, 15) is 8.42 Å². The van der Waals surface area contributed by atoms with E-state index in [0.717, 1.165) is 52.1 Å². The highest BCUT2D eigenvalue weighted by Crippen LogP contribution is 2.09. The van der Waals surface area contributed by atoms with Crippen LogP contribution in [0.5, 0.6) is 0 Å². The summed E-state index contributed by atoms with van der Waals surface area (Å²) in [5, 5.41) is 3.27. The fourth-order valence-corrected chi connectivity index (χ4v) is 3.98. The van der Waals surface area contributed by atoms with Gasteiger partial charge in [0.05, 0.1) is 5.75 Å². The molecule has 112 valence electrons. The topological polar surface area (TPSA) is 64.7 Å². The van der Waals surface area contributed by atoms with Crippen LogP contribution in [0, 0.1) is 0 Å². The second kappa shape index (κ2) is 6.99. The van der Waals surface area contributed by atoms with Crippen molar-refractivity contribution < 1.29 is 8.42 Å². The van der Waals surface area contributed by atoms with E-state index in [1.807, 2.05) is 0 Å². The maximum Gasteiger partial charge on any atom is 0.213 e. The van der Waals surface area contributed by atoms with Crippen LogP contribution in [0.25, 0.3) is 0 Å². The molecule has 0 bridgehead atoms. The van der Waals surface area contributed by atoms with Crippen LogP contribution < -0.4 is 10.0 Å². The molecular formula is C12H26N4O2S. The Morgan fingerprint density at radius 3 is 2.42 bits per heavy atom. The van der Waals surface area contributed by atoms with Crippen molar-refractivity contribution >= 4 is 10.0 Å². The molecule has 0 atom stereocenters. The first kappa shape index (κ1) is 15.2. The molecule has 6 nitrogen and oxygen atoms in total. The average molecular weight is 290 g/mol. The van der Waals surface area contributed by atoms with Gasteiger partial charge in [0.2, 0.25) is 10.0 Å². The second-order valence-electron chi connectivity index (χ2n) is 5.61. The number of rotatable bonds is 5. The van der Waals surface area contributed by atoms with Crippen molar-refractivity contribution in [2.45, 2.75) is 18.9 Å². The lowest BCUT2D eigenvalue weighted by Crippen LogP contribution is -2.48. The van der Waals surface area contributed by atoms with Crippen molar-refractivity contribution in [2.75, 3.05) is 58.6 Å². The summed E-state index contributed by atoms with van der Waals surface area (Å²) >= 11 is 0. The fourth-order valence-electron chi connectivity index (χ4n) is 2.62. The summed E-state index contributed by atoms with van der Waals surface area (Å²) in [5.41, 5.74) is 0. The van der Waals surface area contributed by atoms with Gasteiger partial charge in [-0.3, -0.25) is 4.90 Å². The lowest BCUT2D eigenvalue weighted by atomic mass is 10.1. The van der Waals surface area contributed by atoms with Crippen LogP contribution >= 0.6 is 0 Å². The van der Waals surface area contributed by atoms with E-state index in [1.54, 1.807) is 0 Å². The van der Waals surface area contributed by atoms with Crippen LogP contribution in [-0.2, 0) is 10.0 Å². The second-order valence-corrected chi connectivity index (χ2v) is 7.48. The first-order chi connectivity index (χ1) is 9.05. The SMILES string of the molecule is CN1CCC(NS(=O)(=O)CCN2CCNCC2)CC1. The largest absolute Gasteiger partial charge is 0.314 e. The summed E-state index contributed by atoms with van der Waals surface area (Å²) in [6, 6.07) is 0.129. The van der Waals surface area contributed by atoms with Gasteiger partial charge in [-0.2, -0.15) is 0 Å². The Kier molecular flexibility index (Phi) is 5.58. The zero-order valence-electron chi connectivity index (χ0n) is 11.8. The van der Waals surface area contributed by atoms with Gasteiger partial charge in [0.1, 0.15) is 0 Å². The lowest BCUT2D eigenvalue weighted by molar-refractivity contribution is 0.245. The van der Waals surface area contributed by atoms with Crippen molar-refractivity contribution in [1.29, 1.82) is 0 Å². The number of piperidine rings is 1. The van der Waals surface area contributed by atoms with Crippen molar-refractivity contribution in [1.82, 2.24) is 19.8 Å². The van der Waals surface area contributed by atoms with Gasteiger partial charge in [-0.1, -0.05) is 0 Å². The lowest BCUT2D eigenvalue weighted by Gasteiger charge is -2.30. The van der Waals surface area contributed by atoms with E-state index >= 15 is 0 Å². The molecule has 0 amide bonds. The molecule has 0 spiro atoms. The monoisotopic (exact) mass is 290 g/mol. The van der Waals surface area contributed by atoms with E-state index < -0.39 is 10.0 Å². The number of piperazine rings is 1. The summed E-state index contributed by atoms with van der Waals surface area (Å²) in [4.78, 5) is 4.45. The van der Waals surface area contributed by atoms with Gasteiger partial charge in [-0.15, -0.1) is 0 Å². The van der Waals surface area contributed by atoms with Crippen molar-refractivity contribution in [2.24, 2.45) is 0 Å². The van der Waals surface area contributed by atoms with E-state index in [-0.39, 0.29) is 11.8 Å². The third-order valence-corrected chi connectivity index (χ3v) is 5.36. The van der Waals surface area contributed by atoms with Gasteiger partial charge in [0.25, 0.3) is 0 Å². The Balaban J connectivity index is 1.72. The molecule has 19 heavy (non-hydrogen) atoms. The minimum Gasteiger partial charge on any atom is -0.314 e. The molecule has 2 heterocycles. The van der Waals surface area contributed by atoms with E-state index in [2.05, 4.69) is 26.9 Å². The third-order valence-electron chi connectivity index (χ3n) is 3.95. The first-order valence-corrected chi connectivity index (χ1v) is 8.82. The van der Waals surface area contributed by atoms with Crippen LogP contribution in [-0.4, -0.2) is 82.9 Å². The molecule has 0 aromatic carbocycles. The third kappa shape index (κ3) is 5.35. The van der Waals surface area contributed by atoms with Crippen molar-refractivity contribution in [3.8, 4) is 0 Å². The average Bonchev–Trinajstić information content (AvgIpc) is 2.40. The predicted molar refractivity (Wildman–Crippen MR) is 76.8 cm³/mol. The normalized spacial score (nSPS) is 24.7. The van der Waals surface area contributed by atoms with Gasteiger partial charge in [0.15, 0.2) is 0 Å².